The van der Waals surface area contributed by atoms with Gasteiger partial charge in [-0.15, -0.1) is 0 Å². The number of carbonyl (C=O) groups is 1. The van der Waals surface area contributed by atoms with Crippen LogP contribution in [0.15, 0.2) is 33.4 Å². The summed E-state index contributed by atoms with van der Waals surface area (Å²) in [6.07, 6.45) is 2.03. The average Bonchev–Trinajstić information content (AvgIpc) is 2.79. The number of ketones is 1. The third-order valence-corrected chi connectivity index (χ3v) is 7.27. The number of anilines is 1. The number of allylic oxidation sites excluding steroid dienone is 2. The minimum atomic E-state index is -0.647. The molecule has 0 amide bonds. The molecular formula is C25H31N3O5S. The number of aromatic amines is 1. The summed E-state index contributed by atoms with van der Waals surface area (Å²) < 4.78 is 16.7. The molecule has 34 heavy (non-hydrogen) atoms. The van der Waals surface area contributed by atoms with Crippen LogP contribution in [-0.4, -0.2) is 42.8 Å². The van der Waals surface area contributed by atoms with E-state index in [-0.39, 0.29) is 16.8 Å². The van der Waals surface area contributed by atoms with Crippen LogP contribution in [0.1, 0.15) is 57.1 Å². The lowest BCUT2D eigenvalue weighted by atomic mass is 9.69. The molecule has 0 unspecified atom stereocenters. The van der Waals surface area contributed by atoms with E-state index in [9.17, 15) is 9.59 Å². The van der Waals surface area contributed by atoms with Gasteiger partial charge in [0.05, 0.1) is 32.8 Å². The van der Waals surface area contributed by atoms with Crippen molar-refractivity contribution in [1.82, 2.24) is 9.97 Å². The number of hydrogen-bond acceptors (Lipinski definition) is 8. The summed E-state index contributed by atoms with van der Waals surface area (Å²) in [7, 11) is 4.66. The van der Waals surface area contributed by atoms with Gasteiger partial charge in [-0.3, -0.25) is 9.59 Å². The van der Waals surface area contributed by atoms with Crippen LogP contribution in [0, 0.1) is 5.41 Å². The van der Waals surface area contributed by atoms with E-state index in [2.05, 4.69) is 31.1 Å². The number of nitrogens with one attached hydrogen (secondary N) is 2. The average molecular weight is 486 g/mol. The molecule has 4 rings (SSSR count). The highest BCUT2D eigenvalue weighted by Gasteiger charge is 2.43. The molecule has 0 saturated heterocycles. The quantitative estimate of drug-likeness (QED) is 0.437. The lowest BCUT2D eigenvalue weighted by molar-refractivity contribution is -0.118. The van der Waals surface area contributed by atoms with Gasteiger partial charge in [0.1, 0.15) is 11.6 Å². The number of H-pyrrole nitrogens is 1. The fraction of sp³-hybridized carbons (Fsp3) is 0.480. The molecule has 2 N–H and O–H groups in total. The van der Waals surface area contributed by atoms with Crippen LogP contribution < -0.4 is 25.1 Å². The van der Waals surface area contributed by atoms with E-state index in [1.165, 1.54) is 11.8 Å². The normalized spacial score (nSPS) is 18.6. The molecule has 0 saturated carbocycles. The Morgan fingerprint density at radius 3 is 2.38 bits per heavy atom. The number of ether oxygens (including phenoxy) is 3. The van der Waals surface area contributed by atoms with E-state index in [1.54, 1.807) is 33.5 Å². The first-order chi connectivity index (χ1) is 16.2. The molecule has 1 aromatic carbocycles. The smallest absolute Gasteiger partial charge is 0.257 e. The minimum Gasteiger partial charge on any atom is -0.496 e. The molecule has 8 nitrogen and oxygen atoms in total. The van der Waals surface area contributed by atoms with Gasteiger partial charge in [0, 0.05) is 35.1 Å². The summed E-state index contributed by atoms with van der Waals surface area (Å²) in [6.45, 7) is 6.23. The zero-order valence-electron chi connectivity index (χ0n) is 20.5. The van der Waals surface area contributed by atoms with Gasteiger partial charge in [0.15, 0.2) is 22.4 Å². The first-order valence-corrected chi connectivity index (χ1v) is 12.3. The van der Waals surface area contributed by atoms with Crippen LogP contribution in [0.5, 0.6) is 17.2 Å². The molecule has 0 radical (unpaired) electrons. The zero-order valence-corrected chi connectivity index (χ0v) is 21.3. The maximum absolute atomic E-state index is 13.5. The fourth-order valence-electron chi connectivity index (χ4n) is 4.75. The summed E-state index contributed by atoms with van der Waals surface area (Å²) in [5, 5.41) is 3.91. The predicted molar refractivity (Wildman–Crippen MR) is 132 cm³/mol. The molecule has 1 atom stereocenters. The highest BCUT2D eigenvalue weighted by atomic mass is 32.2. The molecule has 0 fully saturated rings. The molecule has 2 heterocycles. The number of fused-ring (bicyclic) bond motifs is 1. The number of aromatic nitrogens is 2. The molecule has 1 aromatic heterocycles. The van der Waals surface area contributed by atoms with E-state index in [1.807, 2.05) is 0 Å². The number of hydrogen-bond donors (Lipinski definition) is 2. The Morgan fingerprint density at radius 2 is 1.74 bits per heavy atom. The number of nitrogens with zero attached hydrogens (tertiary/aromatic N) is 1. The standard InChI is InChI=1S/C25H31N3O5S/c1-7-8-34-24-27-22-21(23(30)28-24)19(20-14(26-22)11-25(2,3)12-15(20)29)13-9-17(32-5)18(33-6)10-16(13)31-4/h9-10,19H,7-8,11-12H2,1-6H3,(H2,26,27,28,30)/t19-/m0/s1. The first-order valence-electron chi connectivity index (χ1n) is 11.3. The maximum Gasteiger partial charge on any atom is 0.257 e. The molecule has 9 heteroatoms. The van der Waals surface area contributed by atoms with Gasteiger partial charge < -0.3 is 24.5 Å². The number of rotatable bonds is 7. The number of thioether (sulfide) groups is 1. The third kappa shape index (κ3) is 4.29. The highest BCUT2D eigenvalue weighted by Crippen LogP contribution is 2.51. The van der Waals surface area contributed by atoms with Crippen LogP contribution in [0.2, 0.25) is 0 Å². The first kappa shape index (κ1) is 24.2. The molecule has 2 aromatic rings. The zero-order chi connectivity index (χ0) is 24.6. The highest BCUT2D eigenvalue weighted by molar-refractivity contribution is 7.99. The van der Waals surface area contributed by atoms with Crippen molar-refractivity contribution in [2.24, 2.45) is 5.41 Å². The molecule has 2 aliphatic rings. The van der Waals surface area contributed by atoms with Crippen LogP contribution in [0.25, 0.3) is 0 Å². The Morgan fingerprint density at radius 1 is 1.06 bits per heavy atom. The van der Waals surface area contributed by atoms with E-state index in [0.29, 0.717) is 57.8 Å². The van der Waals surface area contributed by atoms with Crippen molar-refractivity contribution in [1.29, 1.82) is 0 Å². The molecule has 1 aliphatic heterocycles. The molecule has 182 valence electrons. The summed E-state index contributed by atoms with van der Waals surface area (Å²) in [5.74, 6) is 2.18. The summed E-state index contributed by atoms with van der Waals surface area (Å²) in [6, 6.07) is 3.51. The monoisotopic (exact) mass is 485 g/mol. The third-order valence-electron chi connectivity index (χ3n) is 6.19. The van der Waals surface area contributed by atoms with Gasteiger partial charge in [-0.2, -0.15) is 0 Å². The minimum absolute atomic E-state index is 0.00933. The lowest BCUT2D eigenvalue weighted by Crippen LogP contribution is -2.37. The van der Waals surface area contributed by atoms with Crippen molar-refractivity contribution in [2.75, 3.05) is 32.4 Å². The van der Waals surface area contributed by atoms with Gasteiger partial charge in [0.25, 0.3) is 5.56 Å². The van der Waals surface area contributed by atoms with Crippen LogP contribution in [0.4, 0.5) is 5.82 Å². The lowest BCUT2D eigenvalue weighted by Gasteiger charge is -2.39. The largest absolute Gasteiger partial charge is 0.496 e. The molecule has 0 spiro atoms. The van der Waals surface area contributed by atoms with Crippen LogP contribution in [-0.2, 0) is 4.79 Å². The number of methoxy groups -OCH3 is 3. The predicted octanol–water partition coefficient (Wildman–Crippen LogP) is 4.50. The summed E-state index contributed by atoms with van der Waals surface area (Å²) in [5.41, 5.74) is 1.97. The van der Waals surface area contributed by atoms with Gasteiger partial charge in [-0.05, 0) is 24.3 Å². The van der Waals surface area contributed by atoms with Crippen molar-refractivity contribution in [3.8, 4) is 17.2 Å². The number of Topliss-reactive ketones (excluding diaryl/α,β-unsaturated/α-hetero) is 1. The van der Waals surface area contributed by atoms with Gasteiger partial charge in [-0.25, -0.2) is 4.98 Å². The summed E-state index contributed by atoms with van der Waals surface area (Å²) in [4.78, 5) is 34.6. The van der Waals surface area contributed by atoms with Crippen molar-refractivity contribution in [2.45, 2.75) is 51.1 Å². The van der Waals surface area contributed by atoms with Crippen molar-refractivity contribution < 1.29 is 19.0 Å². The Hall–Kier alpha value is -2.94. The summed E-state index contributed by atoms with van der Waals surface area (Å²) >= 11 is 1.50. The number of carbonyl (C=O) groups excluding carboxylic acids is 1. The van der Waals surface area contributed by atoms with Crippen molar-refractivity contribution >= 4 is 23.4 Å². The van der Waals surface area contributed by atoms with Crippen molar-refractivity contribution in [3.05, 3.63) is 44.9 Å². The van der Waals surface area contributed by atoms with Crippen LogP contribution >= 0.6 is 11.8 Å². The topological polar surface area (TPSA) is 103 Å². The molecule has 1 aliphatic carbocycles. The van der Waals surface area contributed by atoms with Gasteiger partial charge in [0.2, 0.25) is 0 Å². The molecule has 0 bridgehead atoms. The van der Waals surface area contributed by atoms with Crippen LogP contribution in [0.3, 0.4) is 0 Å². The number of benzene rings is 1. The van der Waals surface area contributed by atoms with E-state index >= 15 is 0 Å². The van der Waals surface area contributed by atoms with Gasteiger partial charge >= 0.3 is 0 Å². The molecular weight excluding hydrogens is 454 g/mol. The second-order valence-electron chi connectivity index (χ2n) is 9.32. The van der Waals surface area contributed by atoms with E-state index in [4.69, 9.17) is 19.2 Å². The second-order valence-corrected chi connectivity index (χ2v) is 10.4. The van der Waals surface area contributed by atoms with Crippen molar-refractivity contribution in [3.63, 3.8) is 0 Å². The van der Waals surface area contributed by atoms with E-state index < -0.39 is 5.92 Å². The van der Waals surface area contributed by atoms with E-state index in [0.717, 1.165) is 17.9 Å². The Labute approximate surface area is 203 Å². The Bertz CT molecular complexity index is 1220. The van der Waals surface area contributed by atoms with Gasteiger partial charge in [-0.1, -0.05) is 32.5 Å². The fourth-order valence-corrected chi connectivity index (χ4v) is 5.47. The SMILES string of the molecule is CCCSc1nc2c(c(=O)[nH]1)[C@@H](c1cc(OC)c(OC)cc1OC)C1=C(CC(C)(C)CC1=O)N2. The Balaban J connectivity index is 1.99. The second kappa shape index (κ2) is 9.37. The Kier molecular flexibility index (Phi) is 6.66. The maximum atomic E-state index is 13.5.